The van der Waals surface area contributed by atoms with E-state index < -0.39 is 0 Å². The van der Waals surface area contributed by atoms with Gasteiger partial charge >= 0.3 is 0 Å². The first-order valence-corrected chi connectivity index (χ1v) is 11.1. The number of fused-ring (bicyclic) bond motifs is 1. The highest BCUT2D eigenvalue weighted by Crippen LogP contribution is 2.31. The SMILES string of the molecule is COc1ccc2c(c1)c(CC(=O)N1CCCCCC1)c(C)n2C(=O)c1ccc(Cl)cc1. The fourth-order valence-electron chi connectivity index (χ4n) is 4.38. The number of amides is 1. The summed E-state index contributed by atoms with van der Waals surface area (Å²) in [7, 11) is 1.62. The van der Waals surface area contributed by atoms with Crippen molar-refractivity contribution in [3.8, 4) is 5.75 Å². The van der Waals surface area contributed by atoms with Gasteiger partial charge in [0.2, 0.25) is 5.91 Å². The van der Waals surface area contributed by atoms with Crippen molar-refractivity contribution >= 4 is 34.3 Å². The predicted molar refractivity (Wildman–Crippen MR) is 123 cm³/mol. The average Bonchev–Trinajstić information content (AvgIpc) is 2.95. The number of benzene rings is 2. The summed E-state index contributed by atoms with van der Waals surface area (Å²) in [5.41, 5.74) is 2.99. The maximum atomic E-state index is 13.4. The molecule has 162 valence electrons. The molecule has 0 unspecified atom stereocenters. The molecular weight excluding hydrogens is 412 g/mol. The summed E-state index contributed by atoms with van der Waals surface area (Å²) in [6.45, 7) is 3.53. The van der Waals surface area contributed by atoms with Crippen molar-refractivity contribution in [2.24, 2.45) is 0 Å². The van der Waals surface area contributed by atoms with Gasteiger partial charge in [-0.3, -0.25) is 14.2 Å². The van der Waals surface area contributed by atoms with Crippen molar-refractivity contribution < 1.29 is 14.3 Å². The maximum Gasteiger partial charge on any atom is 0.262 e. The van der Waals surface area contributed by atoms with Gasteiger partial charge in [0, 0.05) is 34.8 Å². The number of ether oxygens (including phenoxy) is 1. The van der Waals surface area contributed by atoms with Crippen LogP contribution in [0.5, 0.6) is 5.75 Å². The first-order chi connectivity index (χ1) is 15.0. The standard InChI is InChI=1S/C25H27ClN2O3/c1-17-21(16-24(29)27-13-5-3-4-6-14-27)22-15-20(31-2)11-12-23(22)28(17)25(30)18-7-9-19(26)10-8-18/h7-12,15H,3-6,13-14,16H2,1-2H3. The predicted octanol–water partition coefficient (Wildman–Crippen LogP) is 5.25. The monoisotopic (exact) mass is 438 g/mol. The molecule has 1 amide bonds. The van der Waals surface area contributed by atoms with Crippen molar-refractivity contribution in [3.63, 3.8) is 0 Å². The number of carbonyl (C=O) groups excluding carboxylic acids is 2. The van der Waals surface area contributed by atoms with Gasteiger partial charge in [-0.05, 0) is 67.8 Å². The molecule has 0 saturated carbocycles. The van der Waals surface area contributed by atoms with Crippen LogP contribution in [-0.4, -0.2) is 41.5 Å². The first kappa shape index (κ1) is 21.4. The summed E-state index contributed by atoms with van der Waals surface area (Å²) < 4.78 is 7.12. The Morgan fingerprint density at radius 2 is 1.68 bits per heavy atom. The molecule has 2 aromatic carbocycles. The van der Waals surface area contributed by atoms with Gasteiger partial charge in [-0.1, -0.05) is 24.4 Å². The fourth-order valence-corrected chi connectivity index (χ4v) is 4.50. The van der Waals surface area contributed by atoms with E-state index in [0.717, 1.165) is 48.1 Å². The number of rotatable bonds is 4. The Hall–Kier alpha value is -2.79. The van der Waals surface area contributed by atoms with E-state index in [2.05, 4.69) is 0 Å². The van der Waals surface area contributed by atoms with E-state index in [9.17, 15) is 9.59 Å². The molecule has 4 rings (SSSR count). The van der Waals surface area contributed by atoms with Gasteiger partial charge < -0.3 is 9.64 Å². The minimum absolute atomic E-state index is 0.116. The molecule has 1 aromatic heterocycles. The Bertz CT molecular complexity index is 1110. The number of halogens is 1. The van der Waals surface area contributed by atoms with Crippen molar-refractivity contribution in [2.45, 2.75) is 39.0 Å². The molecule has 1 aliphatic rings. The van der Waals surface area contributed by atoms with Gasteiger partial charge in [0.05, 0.1) is 19.0 Å². The largest absolute Gasteiger partial charge is 0.497 e. The molecular formula is C25H27ClN2O3. The van der Waals surface area contributed by atoms with Gasteiger partial charge in [-0.2, -0.15) is 0 Å². The molecule has 1 aliphatic heterocycles. The highest BCUT2D eigenvalue weighted by molar-refractivity contribution is 6.30. The minimum Gasteiger partial charge on any atom is -0.497 e. The number of nitrogens with zero attached hydrogens (tertiary/aromatic N) is 2. The van der Waals surface area contributed by atoms with Gasteiger partial charge in [0.1, 0.15) is 5.75 Å². The summed E-state index contributed by atoms with van der Waals surface area (Å²) in [5, 5.41) is 1.46. The van der Waals surface area contributed by atoms with Gasteiger partial charge in [-0.15, -0.1) is 0 Å². The summed E-state index contributed by atoms with van der Waals surface area (Å²) in [4.78, 5) is 28.5. The van der Waals surface area contributed by atoms with Gasteiger partial charge in [-0.25, -0.2) is 0 Å². The van der Waals surface area contributed by atoms with E-state index in [4.69, 9.17) is 16.3 Å². The molecule has 0 bridgehead atoms. The van der Waals surface area contributed by atoms with Crippen LogP contribution in [0.4, 0.5) is 0 Å². The number of hydrogen-bond donors (Lipinski definition) is 0. The van der Waals surface area contributed by atoms with Crippen molar-refractivity contribution in [3.05, 3.63) is 64.3 Å². The fraction of sp³-hybridized carbons (Fsp3) is 0.360. The Morgan fingerprint density at radius 3 is 2.32 bits per heavy atom. The van der Waals surface area contributed by atoms with E-state index in [1.54, 1.807) is 35.9 Å². The van der Waals surface area contributed by atoms with Gasteiger partial charge in [0.15, 0.2) is 0 Å². The topological polar surface area (TPSA) is 51.5 Å². The summed E-state index contributed by atoms with van der Waals surface area (Å²) in [6, 6.07) is 12.5. The van der Waals surface area contributed by atoms with Crippen LogP contribution in [0.2, 0.25) is 5.02 Å². The molecule has 1 saturated heterocycles. The number of likely N-dealkylation sites (tertiary alicyclic amines) is 1. The molecule has 0 radical (unpaired) electrons. The third kappa shape index (κ3) is 4.33. The van der Waals surface area contributed by atoms with E-state index in [-0.39, 0.29) is 18.2 Å². The molecule has 1 fully saturated rings. The van der Waals surface area contributed by atoms with Crippen LogP contribution in [0.1, 0.15) is 47.3 Å². The molecule has 3 aromatic rings. The van der Waals surface area contributed by atoms with Crippen LogP contribution in [0, 0.1) is 6.92 Å². The van der Waals surface area contributed by atoms with E-state index >= 15 is 0 Å². The second-order valence-electron chi connectivity index (χ2n) is 8.07. The zero-order valence-corrected chi connectivity index (χ0v) is 18.7. The third-order valence-electron chi connectivity index (χ3n) is 6.12. The molecule has 31 heavy (non-hydrogen) atoms. The Balaban J connectivity index is 1.77. The maximum absolute atomic E-state index is 13.4. The molecule has 2 heterocycles. The second kappa shape index (κ2) is 9.15. The van der Waals surface area contributed by atoms with Crippen LogP contribution in [0.25, 0.3) is 10.9 Å². The van der Waals surface area contributed by atoms with Crippen LogP contribution in [0.3, 0.4) is 0 Å². The Labute approximate surface area is 187 Å². The molecule has 0 atom stereocenters. The number of hydrogen-bond acceptors (Lipinski definition) is 3. The summed E-state index contributed by atoms with van der Waals surface area (Å²) >= 11 is 5.99. The van der Waals surface area contributed by atoms with Crippen LogP contribution in [0.15, 0.2) is 42.5 Å². The molecule has 5 nitrogen and oxygen atoms in total. The van der Waals surface area contributed by atoms with E-state index in [1.807, 2.05) is 30.0 Å². The normalized spacial score (nSPS) is 14.5. The number of aromatic nitrogens is 1. The Kier molecular flexibility index (Phi) is 6.33. The Morgan fingerprint density at radius 1 is 1.00 bits per heavy atom. The van der Waals surface area contributed by atoms with E-state index in [1.165, 1.54) is 12.8 Å². The lowest BCUT2D eigenvalue weighted by Gasteiger charge is -2.20. The minimum atomic E-state index is -0.141. The highest BCUT2D eigenvalue weighted by Gasteiger charge is 2.24. The van der Waals surface area contributed by atoms with Crippen molar-refractivity contribution in [2.75, 3.05) is 20.2 Å². The van der Waals surface area contributed by atoms with Crippen molar-refractivity contribution in [1.82, 2.24) is 9.47 Å². The number of carbonyl (C=O) groups is 2. The lowest BCUT2D eigenvalue weighted by Crippen LogP contribution is -2.33. The first-order valence-electron chi connectivity index (χ1n) is 10.8. The molecule has 0 aliphatic carbocycles. The number of methoxy groups -OCH3 is 1. The quantitative estimate of drug-likeness (QED) is 0.559. The van der Waals surface area contributed by atoms with Crippen LogP contribution < -0.4 is 4.74 Å². The average molecular weight is 439 g/mol. The van der Waals surface area contributed by atoms with Crippen LogP contribution >= 0.6 is 11.6 Å². The van der Waals surface area contributed by atoms with Crippen LogP contribution in [-0.2, 0) is 11.2 Å². The van der Waals surface area contributed by atoms with Crippen molar-refractivity contribution in [1.29, 1.82) is 0 Å². The lowest BCUT2D eigenvalue weighted by molar-refractivity contribution is -0.130. The summed E-state index contributed by atoms with van der Waals surface area (Å²) in [5.74, 6) is 0.677. The summed E-state index contributed by atoms with van der Waals surface area (Å²) in [6.07, 6.45) is 4.73. The zero-order valence-electron chi connectivity index (χ0n) is 18.0. The molecule has 0 N–H and O–H groups in total. The van der Waals surface area contributed by atoms with E-state index in [0.29, 0.717) is 16.3 Å². The lowest BCUT2D eigenvalue weighted by atomic mass is 10.1. The zero-order chi connectivity index (χ0) is 22.0. The smallest absolute Gasteiger partial charge is 0.262 e. The van der Waals surface area contributed by atoms with Gasteiger partial charge in [0.25, 0.3) is 5.91 Å². The molecule has 6 heteroatoms. The highest BCUT2D eigenvalue weighted by atomic mass is 35.5. The molecule has 0 spiro atoms. The third-order valence-corrected chi connectivity index (χ3v) is 6.37. The second-order valence-corrected chi connectivity index (χ2v) is 8.50.